The molecule has 0 spiro atoms. The van der Waals surface area contributed by atoms with Gasteiger partial charge in [-0.1, -0.05) is 23.2 Å². The van der Waals surface area contributed by atoms with Crippen LogP contribution in [0.25, 0.3) is 6.08 Å². The smallest absolute Gasteiger partial charge is 0.363 e. The van der Waals surface area contributed by atoms with Gasteiger partial charge >= 0.3 is 5.97 Å². The highest BCUT2D eigenvalue weighted by molar-refractivity contribution is 6.42. The van der Waals surface area contributed by atoms with Crippen LogP contribution in [0.3, 0.4) is 0 Å². The molecule has 2 aromatic rings. The number of benzene rings is 1. The van der Waals surface area contributed by atoms with Crippen LogP contribution in [-0.2, 0) is 9.53 Å². The van der Waals surface area contributed by atoms with E-state index in [0.29, 0.717) is 21.4 Å². The summed E-state index contributed by atoms with van der Waals surface area (Å²) in [5.74, 6) is 0.171. The molecule has 20 heavy (non-hydrogen) atoms. The van der Waals surface area contributed by atoms with E-state index in [1.165, 1.54) is 12.3 Å². The fraction of sp³-hybridized carbons (Fsp3) is 0. The Balaban J connectivity index is 1.96. The lowest BCUT2D eigenvalue weighted by atomic mass is 10.2. The standard InChI is InChI=1S/C14H7Cl2NO3/c15-10-4-3-8(6-11(10)16)13-17-12(14(18)20-13)7-9-2-1-5-19-9/h1-7H. The second-order valence-corrected chi connectivity index (χ2v) is 4.79. The van der Waals surface area contributed by atoms with Gasteiger partial charge in [0.1, 0.15) is 5.76 Å². The summed E-state index contributed by atoms with van der Waals surface area (Å²) in [6.45, 7) is 0. The molecule has 1 aromatic carbocycles. The molecular formula is C14H7Cl2NO3. The van der Waals surface area contributed by atoms with Gasteiger partial charge in [-0.3, -0.25) is 0 Å². The third-order valence-corrected chi connectivity index (χ3v) is 3.35. The van der Waals surface area contributed by atoms with Crippen LogP contribution in [0.15, 0.2) is 51.7 Å². The lowest BCUT2D eigenvalue weighted by molar-refractivity contribution is -0.129. The largest absolute Gasteiger partial charge is 0.465 e. The summed E-state index contributed by atoms with van der Waals surface area (Å²) in [5.41, 5.74) is 0.747. The van der Waals surface area contributed by atoms with Gasteiger partial charge in [0.25, 0.3) is 0 Å². The molecule has 1 aliphatic rings. The average Bonchev–Trinajstić information content (AvgIpc) is 3.04. The van der Waals surface area contributed by atoms with Crippen molar-refractivity contribution in [3.8, 4) is 0 Å². The van der Waals surface area contributed by atoms with Crippen molar-refractivity contribution in [1.82, 2.24) is 0 Å². The Morgan fingerprint density at radius 3 is 2.70 bits per heavy atom. The van der Waals surface area contributed by atoms with E-state index < -0.39 is 5.97 Å². The predicted octanol–water partition coefficient (Wildman–Crippen LogP) is 3.93. The molecular weight excluding hydrogens is 301 g/mol. The lowest BCUT2D eigenvalue weighted by Gasteiger charge is -2.01. The number of rotatable bonds is 2. The molecule has 0 saturated carbocycles. The molecule has 0 fully saturated rings. The molecule has 0 atom stereocenters. The Hall–Kier alpha value is -2.04. The minimum Gasteiger partial charge on any atom is -0.465 e. The Labute approximate surface area is 124 Å². The van der Waals surface area contributed by atoms with Gasteiger partial charge in [0.15, 0.2) is 5.70 Å². The normalized spacial score (nSPS) is 16.4. The van der Waals surface area contributed by atoms with Gasteiger partial charge in [0.05, 0.1) is 16.3 Å². The quantitative estimate of drug-likeness (QED) is 0.624. The maximum Gasteiger partial charge on any atom is 0.363 e. The fourth-order valence-electron chi connectivity index (χ4n) is 1.67. The molecule has 3 rings (SSSR count). The molecule has 1 aliphatic heterocycles. The van der Waals surface area contributed by atoms with E-state index in [9.17, 15) is 4.79 Å². The molecule has 4 nitrogen and oxygen atoms in total. The van der Waals surface area contributed by atoms with Crippen molar-refractivity contribution in [2.24, 2.45) is 4.99 Å². The van der Waals surface area contributed by atoms with Crippen LogP contribution in [0.4, 0.5) is 0 Å². The molecule has 0 radical (unpaired) electrons. The first-order valence-corrected chi connectivity index (χ1v) is 6.40. The SMILES string of the molecule is O=C1OC(c2ccc(Cl)c(Cl)c2)=NC1=Cc1ccco1. The van der Waals surface area contributed by atoms with Gasteiger partial charge in [0.2, 0.25) is 5.90 Å². The first-order chi connectivity index (χ1) is 9.63. The maximum atomic E-state index is 11.7. The summed E-state index contributed by atoms with van der Waals surface area (Å²) in [6.07, 6.45) is 3.02. The Bertz CT molecular complexity index is 733. The Morgan fingerprint density at radius 2 is 2.00 bits per heavy atom. The minimum absolute atomic E-state index is 0.168. The van der Waals surface area contributed by atoms with E-state index in [-0.39, 0.29) is 11.6 Å². The van der Waals surface area contributed by atoms with Crippen molar-refractivity contribution in [2.45, 2.75) is 0 Å². The van der Waals surface area contributed by atoms with E-state index in [1.807, 2.05) is 0 Å². The monoisotopic (exact) mass is 307 g/mol. The number of furan rings is 1. The highest BCUT2D eigenvalue weighted by atomic mass is 35.5. The summed E-state index contributed by atoms with van der Waals surface area (Å²) >= 11 is 11.8. The topological polar surface area (TPSA) is 51.8 Å². The van der Waals surface area contributed by atoms with E-state index in [4.69, 9.17) is 32.4 Å². The van der Waals surface area contributed by atoms with E-state index in [0.717, 1.165) is 0 Å². The van der Waals surface area contributed by atoms with Crippen LogP contribution in [-0.4, -0.2) is 11.9 Å². The maximum absolute atomic E-state index is 11.7. The molecule has 0 aliphatic carbocycles. The Morgan fingerprint density at radius 1 is 1.15 bits per heavy atom. The first-order valence-electron chi connectivity index (χ1n) is 5.65. The minimum atomic E-state index is -0.539. The highest BCUT2D eigenvalue weighted by Crippen LogP contribution is 2.25. The zero-order valence-corrected chi connectivity index (χ0v) is 11.5. The van der Waals surface area contributed by atoms with Crippen molar-refractivity contribution in [1.29, 1.82) is 0 Å². The molecule has 1 aromatic heterocycles. The number of nitrogens with zero attached hydrogens (tertiary/aromatic N) is 1. The molecule has 0 saturated heterocycles. The van der Waals surface area contributed by atoms with Gasteiger partial charge in [-0.05, 0) is 30.3 Å². The number of hydrogen-bond acceptors (Lipinski definition) is 4. The number of carbonyl (C=O) groups is 1. The van der Waals surface area contributed by atoms with E-state index in [1.54, 1.807) is 30.3 Å². The van der Waals surface area contributed by atoms with Crippen molar-refractivity contribution in [3.63, 3.8) is 0 Å². The zero-order valence-electron chi connectivity index (χ0n) is 9.97. The van der Waals surface area contributed by atoms with Gasteiger partial charge in [-0.25, -0.2) is 9.79 Å². The third-order valence-electron chi connectivity index (χ3n) is 2.61. The van der Waals surface area contributed by atoms with Crippen LogP contribution in [0.5, 0.6) is 0 Å². The summed E-state index contributed by atoms with van der Waals surface area (Å²) in [4.78, 5) is 15.9. The zero-order chi connectivity index (χ0) is 14.1. The number of ether oxygens (including phenoxy) is 1. The molecule has 6 heteroatoms. The van der Waals surface area contributed by atoms with Crippen LogP contribution >= 0.6 is 23.2 Å². The average molecular weight is 308 g/mol. The van der Waals surface area contributed by atoms with E-state index in [2.05, 4.69) is 4.99 Å². The number of cyclic esters (lactones) is 1. The molecule has 2 heterocycles. The number of hydrogen-bond donors (Lipinski definition) is 0. The summed E-state index contributed by atoms with van der Waals surface area (Å²) in [6, 6.07) is 8.31. The second kappa shape index (κ2) is 5.15. The Kier molecular flexibility index (Phi) is 3.34. The van der Waals surface area contributed by atoms with Crippen LogP contribution in [0.2, 0.25) is 10.0 Å². The molecule has 0 unspecified atom stereocenters. The van der Waals surface area contributed by atoms with Crippen LogP contribution in [0.1, 0.15) is 11.3 Å². The summed E-state index contributed by atoms with van der Waals surface area (Å²) < 4.78 is 10.2. The van der Waals surface area contributed by atoms with Crippen molar-refractivity contribution in [2.75, 3.05) is 0 Å². The lowest BCUT2D eigenvalue weighted by Crippen LogP contribution is -2.05. The van der Waals surface area contributed by atoms with Crippen LogP contribution in [0, 0.1) is 0 Å². The summed E-state index contributed by atoms with van der Waals surface area (Å²) in [7, 11) is 0. The second-order valence-electron chi connectivity index (χ2n) is 3.98. The first kappa shape index (κ1) is 13.0. The van der Waals surface area contributed by atoms with E-state index >= 15 is 0 Å². The van der Waals surface area contributed by atoms with Crippen molar-refractivity contribution >= 4 is 41.1 Å². The third kappa shape index (κ3) is 2.48. The number of esters is 1. The van der Waals surface area contributed by atoms with Crippen molar-refractivity contribution < 1.29 is 13.9 Å². The molecule has 0 amide bonds. The fourth-order valence-corrected chi connectivity index (χ4v) is 1.97. The highest BCUT2D eigenvalue weighted by Gasteiger charge is 2.24. The van der Waals surface area contributed by atoms with Crippen LogP contribution < -0.4 is 0 Å². The molecule has 0 bridgehead atoms. The van der Waals surface area contributed by atoms with Gasteiger partial charge in [-0.15, -0.1) is 0 Å². The number of aliphatic imine (C=N–C) groups is 1. The van der Waals surface area contributed by atoms with Crippen molar-refractivity contribution in [3.05, 3.63) is 63.7 Å². The molecule has 0 N–H and O–H groups in total. The van der Waals surface area contributed by atoms with Gasteiger partial charge in [0, 0.05) is 11.6 Å². The van der Waals surface area contributed by atoms with Gasteiger partial charge in [-0.2, -0.15) is 0 Å². The predicted molar refractivity (Wildman–Crippen MR) is 75.8 cm³/mol. The summed E-state index contributed by atoms with van der Waals surface area (Å²) in [5, 5.41) is 0.790. The number of halogens is 2. The molecule has 100 valence electrons. The van der Waals surface area contributed by atoms with Gasteiger partial charge < -0.3 is 9.15 Å². The number of carbonyl (C=O) groups excluding carboxylic acids is 1.